The molecule has 0 bridgehead atoms. The van der Waals surface area contributed by atoms with E-state index >= 15 is 0 Å². The van der Waals surface area contributed by atoms with Crippen LogP contribution >= 0.6 is 12.2 Å². The number of methoxy groups -OCH3 is 1. The van der Waals surface area contributed by atoms with Crippen molar-refractivity contribution in [2.24, 2.45) is 5.84 Å². The number of nitrogens with one attached hydrogen (secondary N) is 1. The maximum absolute atomic E-state index is 8.43. The van der Waals surface area contributed by atoms with Gasteiger partial charge in [-0.2, -0.15) is 5.26 Å². The molecule has 0 radical (unpaired) electrons. The standard InChI is InChI=1S/C11H14N4OS/c1-16-10-5-3-9(4-6-10)14-11(17)15(13)8-2-7-12/h3-6H,2,8,13H2,1H3,(H,14,17). The third-order valence-electron chi connectivity index (χ3n) is 2.07. The monoisotopic (exact) mass is 250 g/mol. The minimum Gasteiger partial charge on any atom is -0.497 e. The third-order valence-corrected chi connectivity index (χ3v) is 2.40. The highest BCUT2D eigenvalue weighted by Gasteiger charge is 2.04. The molecular weight excluding hydrogens is 236 g/mol. The van der Waals surface area contributed by atoms with E-state index in [0.717, 1.165) is 11.4 Å². The molecule has 1 rings (SSSR count). The van der Waals surface area contributed by atoms with Crippen LogP contribution in [0.4, 0.5) is 5.69 Å². The topological polar surface area (TPSA) is 74.3 Å². The Balaban J connectivity index is 2.52. The van der Waals surface area contributed by atoms with Gasteiger partial charge >= 0.3 is 0 Å². The highest BCUT2D eigenvalue weighted by Crippen LogP contribution is 2.15. The van der Waals surface area contributed by atoms with Gasteiger partial charge in [0.1, 0.15) is 5.75 Å². The SMILES string of the molecule is COc1ccc(NC(=S)N(N)CCC#N)cc1. The zero-order valence-electron chi connectivity index (χ0n) is 9.51. The zero-order chi connectivity index (χ0) is 12.7. The summed E-state index contributed by atoms with van der Waals surface area (Å²) in [5.41, 5.74) is 0.822. The third kappa shape index (κ3) is 4.26. The summed E-state index contributed by atoms with van der Waals surface area (Å²) in [5, 5.41) is 13.1. The summed E-state index contributed by atoms with van der Waals surface area (Å²) >= 11 is 5.08. The van der Waals surface area contributed by atoms with Gasteiger partial charge < -0.3 is 10.1 Å². The average Bonchev–Trinajstić information content (AvgIpc) is 2.36. The summed E-state index contributed by atoms with van der Waals surface area (Å²) < 4.78 is 5.04. The Hall–Kier alpha value is -1.84. The normalized spacial score (nSPS) is 9.24. The molecule has 5 nitrogen and oxygen atoms in total. The predicted octanol–water partition coefficient (Wildman–Crippen LogP) is 1.48. The molecule has 1 aromatic rings. The first-order chi connectivity index (χ1) is 8.17. The van der Waals surface area contributed by atoms with Gasteiger partial charge in [-0.15, -0.1) is 0 Å². The maximum atomic E-state index is 8.43. The van der Waals surface area contributed by atoms with Gasteiger partial charge in [0.05, 0.1) is 19.6 Å². The van der Waals surface area contributed by atoms with Crippen molar-refractivity contribution in [2.75, 3.05) is 19.0 Å². The van der Waals surface area contributed by atoms with Gasteiger partial charge in [-0.1, -0.05) is 0 Å². The Morgan fingerprint density at radius 2 is 2.18 bits per heavy atom. The Morgan fingerprint density at radius 1 is 1.53 bits per heavy atom. The smallest absolute Gasteiger partial charge is 0.187 e. The summed E-state index contributed by atoms with van der Waals surface area (Å²) in [6.45, 7) is 0.401. The molecule has 0 aromatic heterocycles. The lowest BCUT2D eigenvalue weighted by molar-refractivity contribution is 0.415. The van der Waals surface area contributed by atoms with E-state index in [1.807, 2.05) is 30.3 Å². The lowest BCUT2D eigenvalue weighted by Crippen LogP contribution is -2.40. The molecular formula is C11H14N4OS. The van der Waals surface area contributed by atoms with Gasteiger partial charge in [0, 0.05) is 12.2 Å². The second kappa shape index (κ2) is 6.68. The lowest BCUT2D eigenvalue weighted by atomic mass is 10.3. The van der Waals surface area contributed by atoms with Crippen molar-refractivity contribution in [3.63, 3.8) is 0 Å². The molecule has 0 aliphatic heterocycles. The van der Waals surface area contributed by atoms with Crippen molar-refractivity contribution in [1.82, 2.24) is 5.01 Å². The molecule has 1 aromatic carbocycles. The molecule has 3 N–H and O–H groups in total. The first-order valence-electron chi connectivity index (χ1n) is 5.01. The number of ether oxygens (including phenoxy) is 1. The van der Waals surface area contributed by atoms with Crippen molar-refractivity contribution >= 4 is 23.0 Å². The number of nitrogens with two attached hydrogens (primary N) is 1. The minimum atomic E-state index is 0.334. The molecule has 0 aliphatic rings. The molecule has 0 unspecified atom stereocenters. The fraction of sp³-hybridized carbons (Fsp3) is 0.273. The fourth-order valence-corrected chi connectivity index (χ4v) is 1.35. The number of hydrogen-bond donors (Lipinski definition) is 2. The van der Waals surface area contributed by atoms with Crippen LogP contribution in [-0.2, 0) is 0 Å². The van der Waals surface area contributed by atoms with Crippen LogP contribution in [0.25, 0.3) is 0 Å². The van der Waals surface area contributed by atoms with E-state index in [9.17, 15) is 0 Å². The molecule has 0 atom stereocenters. The van der Waals surface area contributed by atoms with Gasteiger partial charge in [0.25, 0.3) is 0 Å². The Bertz CT molecular complexity index is 412. The summed E-state index contributed by atoms with van der Waals surface area (Å²) in [4.78, 5) is 0. The summed E-state index contributed by atoms with van der Waals surface area (Å²) in [5.74, 6) is 6.43. The number of nitrogens with zero attached hydrogens (tertiary/aromatic N) is 2. The van der Waals surface area contributed by atoms with Crippen molar-refractivity contribution in [2.45, 2.75) is 6.42 Å². The first kappa shape index (κ1) is 13.2. The number of thiocarbonyl (C=S) groups is 1. The number of hydrazine groups is 1. The molecule has 0 heterocycles. The largest absolute Gasteiger partial charge is 0.497 e. The van der Waals surface area contributed by atoms with Crippen LogP contribution in [0.5, 0.6) is 5.75 Å². The van der Waals surface area contributed by atoms with Gasteiger partial charge in [0.15, 0.2) is 5.11 Å². The van der Waals surface area contributed by atoms with E-state index in [-0.39, 0.29) is 0 Å². The fourth-order valence-electron chi connectivity index (χ4n) is 1.14. The number of anilines is 1. The molecule has 0 aliphatic carbocycles. The molecule has 0 saturated heterocycles. The Morgan fingerprint density at radius 3 is 2.71 bits per heavy atom. The van der Waals surface area contributed by atoms with E-state index in [0.29, 0.717) is 18.1 Å². The number of hydrogen-bond acceptors (Lipinski definition) is 4. The van der Waals surface area contributed by atoms with Gasteiger partial charge in [-0.05, 0) is 36.5 Å². The molecule has 6 heteroatoms. The maximum Gasteiger partial charge on any atom is 0.187 e. The lowest BCUT2D eigenvalue weighted by Gasteiger charge is -2.19. The van der Waals surface area contributed by atoms with Gasteiger partial charge in [-0.3, -0.25) is 5.01 Å². The second-order valence-electron chi connectivity index (χ2n) is 3.26. The van der Waals surface area contributed by atoms with E-state index in [1.54, 1.807) is 7.11 Å². The first-order valence-corrected chi connectivity index (χ1v) is 5.42. The predicted molar refractivity (Wildman–Crippen MR) is 70.3 cm³/mol. The average molecular weight is 250 g/mol. The van der Waals surface area contributed by atoms with E-state index < -0.39 is 0 Å². The van der Waals surface area contributed by atoms with Crippen LogP contribution in [0, 0.1) is 11.3 Å². The van der Waals surface area contributed by atoms with Gasteiger partial charge in [-0.25, -0.2) is 5.84 Å². The van der Waals surface area contributed by atoms with Crippen molar-refractivity contribution < 1.29 is 4.74 Å². The molecule has 17 heavy (non-hydrogen) atoms. The minimum absolute atomic E-state index is 0.334. The van der Waals surface area contributed by atoms with Crippen LogP contribution in [0.3, 0.4) is 0 Å². The van der Waals surface area contributed by atoms with Crippen molar-refractivity contribution in [3.8, 4) is 11.8 Å². The van der Waals surface area contributed by atoms with Crippen LogP contribution in [0.15, 0.2) is 24.3 Å². The summed E-state index contributed by atoms with van der Waals surface area (Å²) in [6.07, 6.45) is 0.334. The van der Waals surface area contributed by atoms with Crippen LogP contribution < -0.4 is 15.9 Å². The van der Waals surface area contributed by atoms with Crippen LogP contribution in [-0.4, -0.2) is 23.8 Å². The van der Waals surface area contributed by atoms with E-state index in [2.05, 4.69) is 5.32 Å². The number of nitriles is 1. The van der Waals surface area contributed by atoms with Crippen LogP contribution in [0.2, 0.25) is 0 Å². The second-order valence-corrected chi connectivity index (χ2v) is 3.65. The van der Waals surface area contributed by atoms with Crippen molar-refractivity contribution in [1.29, 1.82) is 5.26 Å². The van der Waals surface area contributed by atoms with Crippen LogP contribution in [0.1, 0.15) is 6.42 Å². The molecule has 0 saturated carbocycles. The molecule has 0 spiro atoms. The number of rotatable bonds is 4. The molecule has 0 amide bonds. The highest BCUT2D eigenvalue weighted by molar-refractivity contribution is 7.80. The molecule has 0 fully saturated rings. The van der Waals surface area contributed by atoms with Gasteiger partial charge in [0.2, 0.25) is 0 Å². The summed E-state index contributed by atoms with van der Waals surface area (Å²) in [7, 11) is 1.61. The highest BCUT2D eigenvalue weighted by atomic mass is 32.1. The quantitative estimate of drug-likeness (QED) is 0.479. The van der Waals surface area contributed by atoms with E-state index in [1.165, 1.54) is 5.01 Å². The molecule has 90 valence electrons. The Labute approximate surface area is 106 Å². The number of benzene rings is 1. The zero-order valence-corrected chi connectivity index (χ0v) is 10.3. The summed E-state index contributed by atoms with van der Waals surface area (Å²) in [6, 6.07) is 9.32. The Kier molecular flexibility index (Phi) is 5.20. The van der Waals surface area contributed by atoms with Crippen molar-refractivity contribution in [3.05, 3.63) is 24.3 Å². The van der Waals surface area contributed by atoms with E-state index in [4.69, 9.17) is 28.1 Å².